The molecule has 1 N–H and O–H groups in total. The molecule has 2 heterocycles. The Morgan fingerprint density at radius 1 is 1.22 bits per heavy atom. The highest BCUT2D eigenvalue weighted by Gasteiger charge is 2.17. The number of aryl methyl sites for hydroxylation is 1. The minimum absolute atomic E-state index is 0.0677. The second-order valence-electron chi connectivity index (χ2n) is 4.76. The smallest absolute Gasteiger partial charge is 0.262 e. The third-order valence-corrected chi connectivity index (χ3v) is 3.46. The first-order valence-corrected chi connectivity index (χ1v) is 6.27. The summed E-state index contributed by atoms with van der Waals surface area (Å²) in [5, 5.41) is 3.32. The van der Waals surface area contributed by atoms with E-state index in [1.807, 2.05) is 43.5 Å². The Kier molecular flexibility index (Phi) is 2.76. The lowest BCUT2D eigenvalue weighted by Crippen LogP contribution is -2.26. The fourth-order valence-electron chi connectivity index (χ4n) is 2.40. The molecule has 0 aliphatic carbocycles. The molecule has 0 spiro atoms. The number of nitrogens with zero attached hydrogens (tertiary/aromatic N) is 1. The van der Waals surface area contributed by atoms with Crippen LogP contribution in [0.5, 0.6) is 0 Å². The summed E-state index contributed by atoms with van der Waals surface area (Å²) in [5.41, 5.74) is 4.31. The number of rotatable bonds is 1. The first-order chi connectivity index (χ1) is 8.75. The Balaban J connectivity index is 1.97. The van der Waals surface area contributed by atoms with Gasteiger partial charge in [-0.05, 0) is 30.7 Å². The van der Waals surface area contributed by atoms with Gasteiger partial charge >= 0.3 is 0 Å². The van der Waals surface area contributed by atoms with E-state index in [0.29, 0.717) is 0 Å². The van der Waals surface area contributed by atoms with Crippen LogP contribution in [0.25, 0.3) is 0 Å². The summed E-state index contributed by atoms with van der Waals surface area (Å²) in [5.74, 6) is 0.0677. The maximum absolute atomic E-state index is 12.4. The maximum atomic E-state index is 12.4. The quantitative estimate of drug-likeness (QED) is 0.828. The molecule has 1 aliphatic heterocycles. The molecule has 0 atom stereocenters. The monoisotopic (exact) mass is 240 g/mol. The minimum Gasteiger partial charge on any atom is -0.312 e. The van der Waals surface area contributed by atoms with Crippen molar-refractivity contribution in [3.63, 3.8) is 0 Å². The van der Waals surface area contributed by atoms with Crippen molar-refractivity contribution >= 4 is 5.91 Å². The van der Waals surface area contributed by atoms with E-state index >= 15 is 0 Å². The maximum Gasteiger partial charge on any atom is 0.262 e. The molecule has 18 heavy (non-hydrogen) atoms. The van der Waals surface area contributed by atoms with Gasteiger partial charge in [-0.2, -0.15) is 0 Å². The fraction of sp³-hybridized carbons (Fsp3) is 0.267. The van der Waals surface area contributed by atoms with Crippen molar-refractivity contribution in [3.8, 4) is 0 Å². The van der Waals surface area contributed by atoms with Crippen LogP contribution in [0.2, 0.25) is 0 Å². The molecular formula is C15H16N2O. The average Bonchev–Trinajstić information content (AvgIpc) is 2.82. The SMILES string of the molecule is Cc1ccc(C(=O)n2ccc3c2CCNC3)cc1. The van der Waals surface area contributed by atoms with Gasteiger partial charge in [0.1, 0.15) is 0 Å². The first-order valence-electron chi connectivity index (χ1n) is 6.27. The molecule has 0 fully saturated rings. The standard InChI is InChI=1S/C15H16N2O/c1-11-2-4-12(5-3-11)15(18)17-9-7-13-10-16-8-6-14(13)17/h2-5,7,9,16H,6,8,10H2,1H3. The number of hydrogen-bond donors (Lipinski definition) is 1. The molecule has 92 valence electrons. The lowest BCUT2D eigenvalue weighted by molar-refractivity contribution is 0.0957. The van der Waals surface area contributed by atoms with Gasteiger partial charge in [0, 0.05) is 37.0 Å². The van der Waals surface area contributed by atoms with Crippen molar-refractivity contribution in [3.05, 3.63) is 58.9 Å². The molecule has 0 bridgehead atoms. The van der Waals surface area contributed by atoms with Crippen LogP contribution in [0.15, 0.2) is 36.5 Å². The first kappa shape index (κ1) is 11.2. The predicted octanol–water partition coefficient (Wildman–Crippen LogP) is 2.13. The second kappa shape index (κ2) is 4.42. The Hall–Kier alpha value is -1.87. The van der Waals surface area contributed by atoms with E-state index < -0.39 is 0 Å². The van der Waals surface area contributed by atoms with Gasteiger partial charge in [0.2, 0.25) is 0 Å². The largest absolute Gasteiger partial charge is 0.312 e. The van der Waals surface area contributed by atoms with E-state index in [2.05, 4.69) is 5.32 Å². The van der Waals surface area contributed by atoms with E-state index in [1.54, 1.807) is 4.57 Å². The Bertz CT molecular complexity index is 581. The summed E-state index contributed by atoms with van der Waals surface area (Å²) >= 11 is 0. The molecule has 3 nitrogen and oxygen atoms in total. The number of benzene rings is 1. The van der Waals surface area contributed by atoms with Gasteiger partial charge in [-0.25, -0.2) is 0 Å². The van der Waals surface area contributed by atoms with Crippen molar-refractivity contribution in [2.45, 2.75) is 19.9 Å². The highest BCUT2D eigenvalue weighted by molar-refractivity contribution is 5.96. The van der Waals surface area contributed by atoms with Gasteiger partial charge in [-0.3, -0.25) is 9.36 Å². The van der Waals surface area contributed by atoms with E-state index in [1.165, 1.54) is 11.1 Å². The molecule has 0 saturated heterocycles. The van der Waals surface area contributed by atoms with E-state index in [-0.39, 0.29) is 5.91 Å². The molecule has 1 aliphatic rings. The number of aromatic nitrogens is 1. The third kappa shape index (κ3) is 1.87. The normalized spacial score (nSPS) is 14.3. The molecule has 0 amide bonds. The van der Waals surface area contributed by atoms with Crippen LogP contribution in [0.1, 0.15) is 27.2 Å². The van der Waals surface area contributed by atoms with Gasteiger partial charge in [0.25, 0.3) is 5.91 Å². The van der Waals surface area contributed by atoms with Crippen LogP contribution in [-0.4, -0.2) is 17.0 Å². The molecule has 0 saturated carbocycles. The molecule has 0 unspecified atom stereocenters. The lowest BCUT2D eigenvalue weighted by Gasteiger charge is -2.16. The molecule has 3 heteroatoms. The summed E-state index contributed by atoms with van der Waals surface area (Å²) in [6, 6.07) is 9.78. The van der Waals surface area contributed by atoms with Crippen LogP contribution < -0.4 is 5.32 Å². The molecule has 2 aromatic rings. The van der Waals surface area contributed by atoms with Crippen molar-refractivity contribution in [1.29, 1.82) is 0 Å². The number of hydrogen-bond acceptors (Lipinski definition) is 2. The van der Waals surface area contributed by atoms with Gasteiger partial charge in [0.05, 0.1) is 0 Å². The van der Waals surface area contributed by atoms with Crippen molar-refractivity contribution in [2.24, 2.45) is 0 Å². The van der Waals surface area contributed by atoms with Gasteiger partial charge in [-0.1, -0.05) is 17.7 Å². The van der Waals surface area contributed by atoms with Crippen LogP contribution in [0.3, 0.4) is 0 Å². The number of fused-ring (bicyclic) bond motifs is 1. The molecular weight excluding hydrogens is 224 g/mol. The fourth-order valence-corrected chi connectivity index (χ4v) is 2.40. The Labute approximate surface area is 106 Å². The molecule has 0 radical (unpaired) electrons. The summed E-state index contributed by atoms with van der Waals surface area (Å²) in [7, 11) is 0. The average molecular weight is 240 g/mol. The van der Waals surface area contributed by atoms with Crippen molar-refractivity contribution < 1.29 is 4.79 Å². The zero-order chi connectivity index (χ0) is 12.5. The summed E-state index contributed by atoms with van der Waals surface area (Å²) < 4.78 is 1.79. The predicted molar refractivity (Wildman–Crippen MR) is 70.8 cm³/mol. The highest BCUT2D eigenvalue weighted by atomic mass is 16.2. The summed E-state index contributed by atoms with van der Waals surface area (Å²) in [6.07, 6.45) is 2.81. The summed E-state index contributed by atoms with van der Waals surface area (Å²) in [6.45, 7) is 3.83. The Morgan fingerprint density at radius 2 is 2.00 bits per heavy atom. The van der Waals surface area contributed by atoms with Crippen LogP contribution in [0, 0.1) is 6.92 Å². The second-order valence-corrected chi connectivity index (χ2v) is 4.76. The van der Waals surface area contributed by atoms with Gasteiger partial charge < -0.3 is 5.32 Å². The summed E-state index contributed by atoms with van der Waals surface area (Å²) in [4.78, 5) is 12.4. The Morgan fingerprint density at radius 3 is 2.78 bits per heavy atom. The van der Waals surface area contributed by atoms with Gasteiger partial charge in [0.15, 0.2) is 0 Å². The zero-order valence-corrected chi connectivity index (χ0v) is 10.4. The van der Waals surface area contributed by atoms with E-state index in [9.17, 15) is 4.79 Å². The molecule has 1 aromatic heterocycles. The topological polar surface area (TPSA) is 34.0 Å². The molecule has 3 rings (SSSR count). The van der Waals surface area contributed by atoms with Gasteiger partial charge in [-0.15, -0.1) is 0 Å². The third-order valence-electron chi connectivity index (χ3n) is 3.46. The number of carbonyl (C=O) groups excluding carboxylic acids is 1. The van der Waals surface area contributed by atoms with Crippen LogP contribution in [0.4, 0.5) is 0 Å². The number of carbonyl (C=O) groups is 1. The van der Waals surface area contributed by atoms with Crippen molar-refractivity contribution in [2.75, 3.05) is 6.54 Å². The van der Waals surface area contributed by atoms with E-state index in [4.69, 9.17) is 0 Å². The zero-order valence-electron chi connectivity index (χ0n) is 10.4. The van der Waals surface area contributed by atoms with Crippen molar-refractivity contribution in [1.82, 2.24) is 9.88 Å². The highest BCUT2D eigenvalue weighted by Crippen LogP contribution is 2.17. The number of nitrogens with one attached hydrogen (secondary N) is 1. The minimum atomic E-state index is 0.0677. The van der Waals surface area contributed by atoms with E-state index in [0.717, 1.165) is 30.8 Å². The van der Waals surface area contributed by atoms with Crippen LogP contribution >= 0.6 is 0 Å². The molecule has 1 aromatic carbocycles. The lowest BCUT2D eigenvalue weighted by atomic mass is 10.1. The van der Waals surface area contributed by atoms with Crippen LogP contribution in [-0.2, 0) is 13.0 Å².